The summed E-state index contributed by atoms with van der Waals surface area (Å²) >= 11 is 5.08. The van der Waals surface area contributed by atoms with Crippen molar-refractivity contribution in [2.24, 2.45) is 0 Å². The molecule has 0 unspecified atom stereocenters. The van der Waals surface area contributed by atoms with E-state index in [1.165, 1.54) is 22.3 Å². The lowest BCUT2D eigenvalue weighted by atomic mass is 9.83. The van der Waals surface area contributed by atoms with Gasteiger partial charge in [0, 0.05) is 13.6 Å². The number of hydrogen-bond donors (Lipinski definition) is 2. The van der Waals surface area contributed by atoms with Gasteiger partial charge in [0.1, 0.15) is 0 Å². The van der Waals surface area contributed by atoms with E-state index in [-0.39, 0.29) is 5.41 Å². The van der Waals surface area contributed by atoms with E-state index in [2.05, 4.69) is 57.4 Å². The smallest absolute Gasteiger partial charge is 0.166 e. The summed E-state index contributed by atoms with van der Waals surface area (Å²) in [5.41, 5.74) is 5.80. The molecule has 0 radical (unpaired) electrons. The Hall–Kier alpha value is -1.09. The molecule has 1 aromatic carbocycles. The van der Waals surface area contributed by atoms with Crippen LogP contribution >= 0.6 is 12.2 Å². The third-order valence-corrected chi connectivity index (χ3v) is 3.80. The Morgan fingerprint density at radius 1 is 1.16 bits per heavy atom. The van der Waals surface area contributed by atoms with E-state index in [1.807, 2.05) is 7.05 Å². The molecule has 0 fully saturated rings. The van der Waals surface area contributed by atoms with Gasteiger partial charge in [0.15, 0.2) is 5.11 Å². The molecule has 2 nitrogen and oxygen atoms in total. The topological polar surface area (TPSA) is 24.1 Å². The van der Waals surface area contributed by atoms with Gasteiger partial charge in [-0.15, -0.1) is 0 Å². The molecule has 0 aromatic heterocycles. The molecule has 0 aliphatic rings. The van der Waals surface area contributed by atoms with Crippen LogP contribution in [0.15, 0.2) is 12.1 Å². The molecule has 2 N–H and O–H groups in total. The van der Waals surface area contributed by atoms with Gasteiger partial charge in [-0.05, 0) is 60.2 Å². The third kappa shape index (κ3) is 4.50. The third-order valence-electron chi connectivity index (χ3n) is 3.45. The van der Waals surface area contributed by atoms with E-state index in [0.717, 1.165) is 13.0 Å². The number of nitrogens with one attached hydrogen (secondary N) is 2. The van der Waals surface area contributed by atoms with E-state index in [1.54, 1.807) is 0 Å². The van der Waals surface area contributed by atoms with Gasteiger partial charge >= 0.3 is 0 Å². The highest BCUT2D eigenvalue weighted by Gasteiger charge is 2.16. The maximum absolute atomic E-state index is 5.08. The Balaban J connectivity index is 2.83. The van der Waals surface area contributed by atoms with Gasteiger partial charge in [-0.1, -0.05) is 32.9 Å². The Labute approximate surface area is 123 Å². The number of hydrogen-bond acceptors (Lipinski definition) is 1. The Morgan fingerprint density at radius 2 is 1.68 bits per heavy atom. The zero-order chi connectivity index (χ0) is 14.6. The van der Waals surface area contributed by atoms with E-state index in [4.69, 9.17) is 12.2 Å². The molecular formula is C16H26N2S. The fourth-order valence-corrected chi connectivity index (χ4v) is 2.31. The molecule has 0 aliphatic carbocycles. The summed E-state index contributed by atoms with van der Waals surface area (Å²) < 4.78 is 0. The van der Waals surface area contributed by atoms with Gasteiger partial charge in [-0.2, -0.15) is 0 Å². The summed E-state index contributed by atoms with van der Waals surface area (Å²) in [5, 5.41) is 6.84. The standard InChI is InChI=1S/C16H26N2S/c1-11-9-13(16(3,4)5)10-12(2)14(11)7-8-18-15(19)17-6/h9-10H,7-8H2,1-6H3,(H2,17,18,19). The van der Waals surface area contributed by atoms with E-state index >= 15 is 0 Å². The number of aryl methyl sites for hydroxylation is 2. The van der Waals surface area contributed by atoms with Crippen LogP contribution in [0, 0.1) is 13.8 Å². The van der Waals surface area contributed by atoms with Gasteiger partial charge in [0.25, 0.3) is 0 Å². The average molecular weight is 278 g/mol. The van der Waals surface area contributed by atoms with Crippen LogP contribution in [0.4, 0.5) is 0 Å². The number of benzene rings is 1. The first-order valence-corrected chi connectivity index (χ1v) is 7.22. The SMILES string of the molecule is CNC(=S)NCCc1c(C)cc(C(C)(C)C)cc1C. The first-order valence-electron chi connectivity index (χ1n) is 6.82. The van der Waals surface area contributed by atoms with Crippen molar-refractivity contribution in [3.05, 3.63) is 34.4 Å². The Kier molecular flexibility index (Phi) is 5.36. The van der Waals surface area contributed by atoms with Gasteiger partial charge in [-0.25, -0.2) is 0 Å². The summed E-state index contributed by atoms with van der Waals surface area (Å²) in [5.74, 6) is 0. The minimum absolute atomic E-state index is 0.208. The fourth-order valence-electron chi connectivity index (χ4n) is 2.21. The minimum Gasteiger partial charge on any atom is -0.366 e. The first kappa shape index (κ1) is 16.0. The zero-order valence-electron chi connectivity index (χ0n) is 13.0. The van der Waals surface area contributed by atoms with Crippen molar-refractivity contribution in [3.8, 4) is 0 Å². The van der Waals surface area contributed by atoms with Crippen molar-refractivity contribution in [1.82, 2.24) is 10.6 Å². The molecule has 0 aliphatic heterocycles. The molecule has 0 atom stereocenters. The molecule has 0 saturated carbocycles. The van der Waals surface area contributed by atoms with E-state index in [9.17, 15) is 0 Å². The van der Waals surface area contributed by atoms with E-state index in [0.29, 0.717) is 5.11 Å². The van der Waals surface area contributed by atoms with Gasteiger partial charge < -0.3 is 10.6 Å². The minimum atomic E-state index is 0.208. The second-order valence-corrected chi connectivity index (χ2v) is 6.50. The highest BCUT2D eigenvalue weighted by Crippen LogP contribution is 2.26. The highest BCUT2D eigenvalue weighted by atomic mass is 32.1. The quantitative estimate of drug-likeness (QED) is 0.830. The van der Waals surface area contributed by atoms with Crippen molar-refractivity contribution >= 4 is 17.3 Å². The predicted molar refractivity (Wildman–Crippen MR) is 88.0 cm³/mol. The number of thiocarbonyl (C=S) groups is 1. The average Bonchev–Trinajstić information content (AvgIpc) is 2.30. The van der Waals surface area contributed by atoms with Crippen molar-refractivity contribution in [2.75, 3.05) is 13.6 Å². The zero-order valence-corrected chi connectivity index (χ0v) is 13.8. The van der Waals surface area contributed by atoms with Crippen LogP contribution in [0.5, 0.6) is 0 Å². The fraction of sp³-hybridized carbons (Fsp3) is 0.562. The van der Waals surface area contributed by atoms with Crippen LogP contribution in [-0.2, 0) is 11.8 Å². The van der Waals surface area contributed by atoms with E-state index < -0.39 is 0 Å². The van der Waals surface area contributed by atoms with Crippen molar-refractivity contribution < 1.29 is 0 Å². The largest absolute Gasteiger partial charge is 0.366 e. The second kappa shape index (κ2) is 6.38. The molecule has 106 valence electrons. The van der Waals surface area contributed by atoms with Crippen molar-refractivity contribution in [1.29, 1.82) is 0 Å². The number of rotatable bonds is 3. The summed E-state index contributed by atoms with van der Waals surface area (Å²) in [6.45, 7) is 12.0. The van der Waals surface area contributed by atoms with Crippen molar-refractivity contribution in [2.45, 2.75) is 46.5 Å². The normalized spacial score (nSPS) is 11.3. The molecule has 0 bridgehead atoms. The molecule has 1 rings (SSSR count). The monoisotopic (exact) mass is 278 g/mol. The molecule has 0 saturated heterocycles. The van der Waals surface area contributed by atoms with Gasteiger partial charge in [-0.3, -0.25) is 0 Å². The van der Waals surface area contributed by atoms with Crippen LogP contribution < -0.4 is 10.6 Å². The van der Waals surface area contributed by atoms with Crippen LogP contribution in [-0.4, -0.2) is 18.7 Å². The molecule has 3 heteroatoms. The molecule has 0 heterocycles. The van der Waals surface area contributed by atoms with Crippen molar-refractivity contribution in [3.63, 3.8) is 0 Å². The second-order valence-electron chi connectivity index (χ2n) is 6.09. The Bertz CT molecular complexity index is 435. The predicted octanol–water partition coefficient (Wildman–Crippen LogP) is 3.24. The van der Waals surface area contributed by atoms with Crippen LogP contribution in [0.2, 0.25) is 0 Å². The molecule has 1 aromatic rings. The van der Waals surface area contributed by atoms with Gasteiger partial charge in [0.2, 0.25) is 0 Å². The summed E-state index contributed by atoms with van der Waals surface area (Å²) in [4.78, 5) is 0. The van der Waals surface area contributed by atoms with Crippen LogP contribution in [0.1, 0.15) is 43.0 Å². The molecular weight excluding hydrogens is 252 g/mol. The lowest BCUT2D eigenvalue weighted by Crippen LogP contribution is -2.33. The van der Waals surface area contributed by atoms with Crippen LogP contribution in [0.25, 0.3) is 0 Å². The first-order chi connectivity index (χ1) is 8.75. The highest BCUT2D eigenvalue weighted by molar-refractivity contribution is 7.80. The van der Waals surface area contributed by atoms with Crippen LogP contribution in [0.3, 0.4) is 0 Å². The maximum Gasteiger partial charge on any atom is 0.166 e. The maximum atomic E-state index is 5.08. The molecule has 0 spiro atoms. The summed E-state index contributed by atoms with van der Waals surface area (Å²) in [6.07, 6.45) is 1.00. The summed E-state index contributed by atoms with van der Waals surface area (Å²) in [7, 11) is 1.84. The van der Waals surface area contributed by atoms with Gasteiger partial charge in [0.05, 0.1) is 0 Å². The lowest BCUT2D eigenvalue weighted by Gasteiger charge is -2.22. The Morgan fingerprint density at radius 3 is 2.11 bits per heavy atom. The molecule has 19 heavy (non-hydrogen) atoms. The summed E-state index contributed by atoms with van der Waals surface area (Å²) in [6, 6.07) is 4.64. The lowest BCUT2D eigenvalue weighted by molar-refractivity contribution is 0.588. The molecule has 0 amide bonds.